The van der Waals surface area contributed by atoms with Crippen LogP contribution in [-0.2, 0) is 10.0 Å². The third-order valence-corrected chi connectivity index (χ3v) is 4.33. The highest BCUT2D eigenvalue weighted by Crippen LogP contribution is 2.21. The molecule has 126 valence electrons. The second-order valence-electron chi connectivity index (χ2n) is 4.50. The summed E-state index contributed by atoms with van der Waals surface area (Å²) in [5.41, 5.74) is -0.721. The normalized spacial score (nSPS) is 11.0. The van der Waals surface area contributed by atoms with Crippen molar-refractivity contribution in [2.24, 2.45) is 0 Å². The number of non-ortho nitro benzene ring substituents is 1. The van der Waals surface area contributed by atoms with Crippen LogP contribution in [0.1, 0.15) is 17.3 Å². The van der Waals surface area contributed by atoms with E-state index in [1.807, 2.05) is 0 Å². The molecule has 0 aliphatic heterocycles. The lowest BCUT2D eigenvalue weighted by Crippen LogP contribution is -2.24. The van der Waals surface area contributed by atoms with Gasteiger partial charge in [0.2, 0.25) is 16.0 Å². The van der Waals surface area contributed by atoms with Crippen LogP contribution in [0.25, 0.3) is 0 Å². The fraction of sp³-hybridized carbons (Fsp3) is 0.154. The predicted octanol–water partition coefficient (Wildman–Crippen LogP) is 0.935. The van der Waals surface area contributed by atoms with Crippen molar-refractivity contribution in [1.82, 2.24) is 14.7 Å². The second kappa shape index (κ2) is 7.10. The van der Waals surface area contributed by atoms with Gasteiger partial charge in [-0.15, -0.1) is 0 Å². The average Bonchev–Trinajstić information content (AvgIpc) is 2.55. The molecule has 11 heteroatoms. The van der Waals surface area contributed by atoms with E-state index in [0.29, 0.717) is 0 Å². The maximum atomic E-state index is 12.2. The number of benzene rings is 1. The molecule has 1 heterocycles. The molecule has 1 amide bonds. The maximum Gasteiger partial charge on any atom is 0.271 e. The number of aromatic nitrogens is 2. The van der Waals surface area contributed by atoms with Crippen LogP contribution >= 0.6 is 0 Å². The lowest BCUT2D eigenvalue weighted by Gasteiger charge is -2.08. The van der Waals surface area contributed by atoms with Crippen LogP contribution in [0.2, 0.25) is 0 Å². The summed E-state index contributed by atoms with van der Waals surface area (Å²) in [5.74, 6) is -0.775. The molecule has 2 aromatic rings. The lowest BCUT2D eigenvalue weighted by molar-refractivity contribution is -0.385. The second-order valence-corrected chi connectivity index (χ2v) is 6.27. The molecule has 2 rings (SSSR count). The molecule has 0 bridgehead atoms. The van der Waals surface area contributed by atoms with Crippen molar-refractivity contribution in [1.29, 1.82) is 0 Å². The summed E-state index contributed by atoms with van der Waals surface area (Å²) in [7, 11) is -3.96. The van der Waals surface area contributed by atoms with Gasteiger partial charge in [0.05, 0.1) is 9.82 Å². The number of carbonyl (C=O) groups is 1. The Labute approximate surface area is 137 Å². The van der Waals surface area contributed by atoms with Crippen LogP contribution in [0.15, 0.2) is 41.6 Å². The van der Waals surface area contributed by atoms with E-state index >= 15 is 0 Å². The zero-order chi connectivity index (χ0) is 17.7. The van der Waals surface area contributed by atoms with E-state index in [1.165, 1.54) is 12.4 Å². The van der Waals surface area contributed by atoms with E-state index < -0.39 is 26.5 Å². The fourth-order valence-corrected chi connectivity index (χ4v) is 2.89. The van der Waals surface area contributed by atoms with Gasteiger partial charge < -0.3 is 0 Å². The predicted molar refractivity (Wildman–Crippen MR) is 83.9 cm³/mol. The number of nitrogens with zero attached hydrogens (tertiary/aromatic N) is 3. The first kappa shape index (κ1) is 17.4. The maximum absolute atomic E-state index is 12.2. The van der Waals surface area contributed by atoms with Gasteiger partial charge >= 0.3 is 0 Å². The summed E-state index contributed by atoms with van der Waals surface area (Å²) >= 11 is 0. The van der Waals surface area contributed by atoms with E-state index in [0.717, 1.165) is 18.2 Å². The van der Waals surface area contributed by atoms with Crippen molar-refractivity contribution in [3.05, 3.63) is 52.3 Å². The van der Waals surface area contributed by atoms with E-state index in [1.54, 1.807) is 13.0 Å². The van der Waals surface area contributed by atoms with Crippen molar-refractivity contribution in [3.8, 4) is 0 Å². The zero-order valence-corrected chi connectivity index (χ0v) is 13.3. The number of nitrogens with one attached hydrogen (secondary N) is 2. The van der Waals surface area contributed by atoms with Crippen LogP contribution in [0.3, 0.4) is 0 Å². The molecule has 1 aromatic carbocycles. The van der Waals surface area contributed by atoms with Crippen LogP contribution in [0.5, 0.6) is 0 Å². The van der Waals surface area contributed by atoms with Gasteiger partial charge in [-0.25, -0.2) is 23.1 Å². The van der Waals surface area contributed by atoms with E-state index in [9.17, 15) is 23.3 Å². The highest BCUT2D eigenvalue weighted by molar-refractivity contribution is 7.89. The largest absolute Gasteiger partial charge is 0.290 e. The van der Waals surface area contributed by atoms with Gasteiger partial charge in [-0.05, 0) is 12.1 Å². The molecule has 24 heavy (non-hydrogen) atoms. The first-order valence-electron chi connectivity index (χ1n) is 6.71. The molecule has 0 aliphatic rings. The van der Waals surface area contributed by atoms with Crippen molar-refractivity contribution < 1.29 is 18.1 Å². The Morgan fingerprint density at radius 3 is 2.50 bits per heavy atom. The Morgan fingerprint density at radius 2 is 1.92 bits per heavy atom. The highest BCUT2D eigenvalue weighted by Gasteiger charge is 2.21. The number of anilines is 1. The Bertz CT molecular complexity index is 870. The first-order chi connectivity index (χ1) is 11.3. The van der Waals surface area contributed by atoms with Crippen molar-refractivity contribution >= 4 is 27.6 Å². The Morgan fingerprint density at radius 1 is 1.25 bits per heavy atom. The number of hydrogen-bond acceptors (Lipinski definition) is 7. The SMILES string of the molecule is CCNS(=O)(=O)c1cc(C(=O)Nc2ncccn2)cc([N+](=O)[O-])c1. The Hall–Kier alpha value is -2.92. The summed E-state index contributed by atoms with van der Waals surface area (Å²) in [4.78, 5) is 29.6. The monoisotopic (exact) mass is 351 g/mol. The molecule has 0 saturated carbocycles. The van der Waals surface area contributed by atoms with E-state index in [-0.39, 0.29) is 23.0 Å². The summed E-state index contributed by atoms with van der Waals surface area (Å²) < 4.78 is 26.3. The fourth-order valence-electron chi connectivity index (χ4n) is 1.79. The quantitative estimate of drug-likeness (QED) is 0.582. The number of nitro benzene ring substituents is 1. The molecule has 10 nitrogen and oxygen atoms in total. The molecule has 0 aliphatic carbocycles. The molecule has 0 fully saturated rings. The number of hydrogen-bond donors (Lipinski definition) is 2. The topological polar surface area (TPSA) is 144 Å². The number of amides is 1. The van der Waals surface area contributed by atoms with Crippen molar-refractivity contribution in [2.75, 3.05) is 11.9 Å². The van der Waals surface area contributed by atoms with Crippen LogP contribution in [0, 0.1) is 10.1 Å². The summed E-state index contributed by atoms with van der Waals surface area (Å²) in [6.45, 7) is 1.67. The molecule has 0 unspecified atom stereocenters. The molecule has 0 saturated heterocycles. The third-order valence-electron chi connectivity index (χ3n) is 2.80. The van der Waals surface area contributed by atoms with Crippen LogP contribution in [0.4, 0.5) is 11.6 Å². The Balaban J connectivity index is 2.44. The van der Waals surface area contributed by atoms with E-state index in [2.05, 4.69) is 20.0 Å². The average molecular weight is 351 g/mol. The first-order valence-corrected chi connectivity index (χ1v) is 8.19. The third kappa shape index (κ3) is 4.08. The highest BCUT2D eigenvalue weighted by atomic mass is 32.2. The van der Waals surface area contributed by atoms with Gasteiger partial charge in [0.15, 0.2) is 0 Å². The number of carbonyl (C=O) groups excluding carboxylic acids is 1. The molecule has 0 radical (unpaired) electrons. The Kier molecular flexibility index (Phi) is 5.16. The number of nitro groups is 1. The van der Waals surface area contributed by atoms with Gasteiger partial charge in [0, 0.05) is 36.6 Å². The summed E-state index contributed by atoms with van der Waals surface area (Å²) in [6, 6.07) is 4.45. The zero-order valence-electron chi connectivity index (χ0n) is 12.5. The molecular weight excluding hydrogens is 338 g/mol. The summed E-state index contributed by atoms with van der Waals surface area (Å²) in [6.07, 6.45) is 2.80. The molecule has 2 N–H and O–H groups in total. The van der Waals surface area contributed by atoms with Crippen molar-refractivity contribution in [2.45, 2.75) is 11.8 Å². The number of sulfonamides is 1. The molecule has 1 aromatic heterocycles. The van der Waals surface area contributed by atoms with Gasteiger partial charge in [0.25, 0.3) is 11.6 Å². The van der Waals surface area contributed by atoms with Gasteiger partial charge in [-0.2, -0.15) is 0 Å². The van der Waals surface area contributed by atoms with Gasteiger partial charge in [-0.3, -0.25) is 20.2 Å². The minimum atomic E-state index is -3.96. The van der Waals surface area contributed by atoms with Crippen molar-refractivity contribution in [3.63, 3.8) is 0 Å². The molecule has 0 spiro atoms. The smallest absolute Gasteiger partial charge is 0.271 e. The molecule has 0 atom stereocenters. The van der Waals surface area contributed by atoms with Crippen LogP contribution in [-0.4, -0.2) is 35.8 Å². The standard InChI is InChI=1S/C13H13N5O5S/c1-2-16-24(22,23)11-7-9(6-10(8-11)18(20)21)12(19)17-13-14-4-3-5-15-13/h3-8,16H,2H2,1H3,(H,14,15,17,19). The minimum Gasteiger partial charge on any atom is -0.290 e. The molecular formula is C13H13N5O5S. The minimum absolute atomic E-state index is 0.00917. The number of rotatable bonds is 6. The van der Waals surface area contributed by atoms with Crippen LogP contribution < -0.4 is 10.0 Å². The van der Waals surface area contributed by atoms with E-state index in [4.69, 9.17) is 0 Å². The lowest BCUT2D eigenvalue weighted by atomic mass is 10.2. The van der Waals surface area contributed by atoms with Gasteiger partial charge in [0.1, 0.15) is 0 Å². The summed E-state index contributed by atoms with van der Waals surface area (Å²) in [5, 5.41) is 13.3. The van der Waals surface area contributed by atoms with Gasteiger partial charge in [-0.1, -0.05) is 6.92 Å².